The standard InChI is InChI=1S/C7H9NO/c1-5-2-3-6(4-8)7(5)9/h5,9H,2-3H2,1H3. The molecule has 1 aliphatic rings. The lowest BCUT2D eigenvalue weighted by atomic mass is 10.1. The molecular weight excluding hydrogens is 114 g/mol. The van der Waals surface area contributed by atoms with Gasteiger partial charge in [-0.25, -0.2) is 0 Å². The third-order valence-corrected chi connectivity index (χ3v) is 1.74. The number of aliphatic hydroxyl groups excluding tert-OH is 1. The Kier molecular flexibility index (Phi) is 1.44. The Balaban J connectivity index is 2.83. The summed E-state index contributed by atoms with van der Waals surface area (Å²) in [5.41, 5.74) is 0.572. The van der Waals surface area contributed by atoms with E-state index in [4.69, 9.17) is 10.4 Å². The van der Waals surface area contributed by atoms with Crippen LogP contribution in [-0.4, -0.2) is 5.11 Å². The second-order valence-electron chi connectivity index (χ2n) is 2.42. The highest BCUT2D eigenvalue weighted by Crippen LogP contribution is 2.28. The van der Waals surface area contributed by atoms with E-state index in [1.165, 1.54) is 0 Å². The molecule has 1 rings (SSSR count). The second kappa shape index (κ2) is 2.10. The highest BCUT2D eigenvalue weighted by molar-refractivity contribution is 5.28. The van der Waals surface area contributed by atoms with Crippen molar-refractivity contribution >= 4 is 0 Å². The van der Waals surface area contributed by atoms with Gasteiger partial charge < -0.3 is 5.11 Å². The van der Waals surface area contributed by atoms with Crippen molar-refractivity contribution in [1.29, 1.82) is 5.26 Å². The van der Waals surface area contributed by atoms with Crippen molar-refractivity contribution in [2.24, 2.45) is 5.92 Å². The molecular formula is C7H9NO. The molecule has 0 saturated heterocycles. The molecule has 0 heterocycles. The molecule has 0 fully saturated rings. The van der Waals surface area contributed by atoms with Crippen LogP contribution in [0.3, 0.4) is 0 Å². The molecule has 0 amide bonds. The van der Waals surface area contributed by atoms with Crippen LogP contribution < -0.4 is 0 Å². The summed E-state index contributed by atoms with van der Waals surface area (Å²) >= 11 is 0. The van der Waals surface area contributed by atoms with Crippen LogP contribution in [0.1, 0.15) is 19.8 Å². The topological polar surface area (TPSA) is 44.0 Å². The van der Waals surface area contributed by atoms with Crippen molar-refractivity contribution in [2.45, 2.75) is 19.8 Å². The third-order valence-electron chi connectivity index (χ3n) is 1.74. The van der Waals surface area contributed by atoms with Gasteiger partial charge in [0.25, 0.3) is 0 Å². The molecule has 0 spiro atoms. The summed E-state index contributed by atoms with van der Waals surface area (Å²) < 4.78 is 0. The van der Waals surface area contributed by atoms with Gasteiger partial charge in [-0.15, -0.1) is 0 Å². The molecule has 0 aromatic carbocycles. The molecule has 0 aromatic heterocycles. The maximum absolute atomic E-state index is 9.11. The van der Waals surface area contributed by atoms with Gasteiger partial charge in [-0.05, 0) is 12.8 Å². The van der Waals surface area contributed by atoms with Crippen LogP contribution >= 0.6 is 0 Å². The minimum absolute atomic E-state index is 0.208. The lowest BCUT2D eigenvalue weighted by molar-refractivity contribution is 0.349. The monoisotopic (exact) mass is 123 g/mol. The molecule has 1 N–H and O–H groups in total. The van der Waals surface area contributed by atoms with Crippen molar-refractivity contribution in [1.82, 2.24) is 0 Å². The van der Waals surface area contributed by atoms with E-state index in [2.05, 4.69) is 0 Å². The number of rotatable bonds is 0. The fraction of sp³-hybridized carbons (Fsp3) is 0.571. The van der Waals surface area contributed by atoms with Crippen molar-refractivity contribution < 1.29 is 5.11 Å². The maximum Gasteiger partial charge on any atom is 0.109 e. The minimum atomic E-state index is 0.208. The molecule has 9 heavy (non-hydrogen) atoms. The highest BCUT2D eigenvalue weighted by atomic mass is 16.3. The van der Waals surface area contributed by atoms with Crippen LogP contribution in [0.2, 0.25) is 0 Å². The molecule has 48 valence electrons. The Labute approximate surface area is 54.4 Å². The quantitative estimate of drug-likeness (QED) is 0.533. The summed E-state index contributed by atoms with van der Waals surface area (Å²) in [4.78, 5) is 0. The average Bonchev–Trinajstić information content (AvgIpc) is 2.15. The molecule has 0 bridgehead atoms. The van der Waals surface area contributed by atoms with Crippen molar-refractivity contribution in [3.8, 4) is 6.07 Å². The first-order chi connectivity index (χ1) is 4.25. The van der Waals surface area contributed by atoms with Crippen molar-refractivity contribution in [3.63, 3.8) is 0 Å². The largest absolute Gasteiger partial charge is 0.511 e. The summed E-state index contributed by atoms with van der Waals surface area (Å²) in [6, 6.07) is 1.97. The van der Waals surface area contributed by atoms with Crippen LogP contribution in [0.5, 0.6) is 0 Å². The predicted molar refractivity (Wildman–Crippen MR) is 33.7 cm³/mol. The molecule has 1 atom stereocenters. The SMILES string of the molecule is CC1CCC(C#N)=C1O. The Morgan fingerprint density at radius 1 is 1.78 bits per heavy atom. The van der Waals surface area contributed by atoms with Crippen LogP contribution in [0.25, 0.3) is 0 Å². The second-order valence-corrected chi connectivity index (χ2v) is 2.42. The first kappa shape index (κ1) is 6.15. The fourth-order valence-electron chi connectivity index (χ4n) is 1.04. The van der Waals surface area contributed by atoms with E-state index in [-0.39, 0.29) is 5.92 Å². The van der Waals surface area contributed by atoms with E-state index >= 15 is 0 Å². The molecule has 0 aliphatic heterocycles. The summed E-state index contributed by atoms with van der Waals surface area (Å²) in [7, 11) is 0. The van der Waals surface area contributed by atoms with Gasteiger partial charge in [0.05, 0.1) is 11.6 Å². The van der Waals surface area contributed by atoms with Gasteiger partial charge in [-0.1, -0.05) is 6.92 Å². The maximum atomic E-state index is 9.11. The molecule has 0 aromatic rings. The Hall–Kier alpha value is -0.970. The average molecular weight is 123 g/mol. The fourth-order valence-corrected chi connectivity index (χ4v) is 1.04. The van der Waals surface area contributed by atoms with Crippen molar-refractivity contribution in [3.05, 3.63) is 11.3 Å². The molecule has 0 radical (unpaired) electrons. The summed E-state index contributed by atoms with van der Waals surface area (Å²) in [5.74, 6) is 0.511. The summed E-state index contributed by atoms with van der Waals surface area (Å²) in [5, 5.41) is 17.5. The van der Waals surface area contributed by atoms with Gasteiger partial charge in [0, 0.05) is 5.92 Å². The Morgan fingerprint density at radius 3 is 2.67 bits per heavy atom. The number of hydrogen-bond donors (Lipinski definition) is 1. The van der Waals surface area contributed by atoms with Gasteiger partial charge in [0.2, 0.25) is 0 Å². The summed E-state index contributed by atoms with van der Waals surface area (Å²) in [6.45, 7) is 1.93. The van der Waals surface area contributed by atoms with E-state index < -0.39 is 0 Å². The highest BCUT2D eigenvalue weighted by Gasteiger charge is 2.20. The van der Waals surface area contributed by atoms with E-state index in [0.29, 0.717) is 11.3 Å². The predicted octanol–water partition coefficient (Wildman–Crippen LogP) is 1.75. The van der Waals surface area contributed by atoms with E-state index in [9.17, 15) is 0 Å². The van der Waals surface area contributed by atoms with Crippen LogP contribution in [0.4, 0.5) is 0 Å². The van der Waals surface area contributed by atoms with Crippen LogP contribution in [0.15, 0.2) is 11.3 Å². The third kappa shape index (κ3) is 0.904. The van der Waals surface area contributed by atoms with Crippen molar-refractivity contribution in [2.75, 3.05) is 0 Å². The van der Waals surface area contributed by atoms with Gasteiger partial charge in [0.15, 0.2) is 0 Å². The number of hydrogen-bond acceptors (Lipinski definition) is 2. The van der Waals surface area contributed by atoms with Gasteiger partial charge in [0.1, 0.15) is 5.76 Å². The molecule has 2 nitrogen and oxygen atoms in total. The van der Waals surface area contributed by atoms with Crippen LogP contribution in [0, 0.1) is 17.2 Å². The Bertz CT molecular complexity index is 188. The number of aliphatic hydroxyl groups is 1. The number of allylic oxidation sites excluding steroid dienone is 2. The van der Waals surface area contributed by atoms with Crippen LogP contribution in [-0.2, 0) is 0 Å². The van der Waals surface area contributed by atoms with E-state index in [1.54, 1.807) is 0 Å². The smallest absolute Gasteiger partial charge is 0.109 e. The zero-order valence-corrected chi connectivity index (χ0v) is 5.39. The first-order valence-electron chi connectivity index (χ1n) is 3.08. The molecule has 1 unspecified atom stereocenters. The zero-order chi connectivity index (χ0) is 6.85. The Morgan fingerprint density at radius 2 is 2.44 bits per heavy atom. The number of nitriles is 1. The molecule has 0 saturated carbocycles. The van der Waals surface area contributed by atoms with Gasteiger partial charge >= 0.3 is 0 Å². The number of nitrogens with zero attached hydrogens (tertiary/aromatic N) is 1. The first-order valence-corrected chi connectivity index (χ1v) is 3.08. The normalized spacial score (nSPS) is 26.4. The van der Waals surface area contributed by atoms with E-state index in [1.807, 2.05) is 13.0 Å². The molecule has 1 aliphatic carbocycles. The van der Waals surface area contributed by atoms with Gasteiger partial charge in [-0.3, -0.25) is 0 Å². The van der Waals surface area contributed by atoms with E-state index in [0.717, 1.165) is 12.8 Å². The summed E-state index contributed by atoms with van der Waals surface area (Å²) in [6.07, 6.45) is 1.68. The lowest BCUT2D eigenvalue weighted by Crippen LogP contribution is -1.90. The minimum Gasteiger partial charge on any atom is -0.511 e. The molecule has 2 heteroatoms. The lowest BCUT2D eigenvalue weighted by Gasteiger charge is -1.97. The zero-order valence-electron chi connectivity index (χ0n) is 5.39. The van der Waals surface area contributed by atoms with Gasteiger partial charge in [-0.2, -0.15) is 5.26 Å².